The minimum Gasteiger partial charge on any atom is -0.476 e. The maximum Gasteiger partial charge on any atom is 0.356 e. The summed E-state index contributed by atoms with van der Waals surface area (Å²) in [5, 5.41) is 17.5. The van der Waals surface area contributed by atoms with Crippen LogP contribution in [0.4, 0.5) is 0 Å². The first kappa shape index (κ1) is 14.8. The number of carbonyl (C=O) groups is 1. The molecule has 0 aliphatic carbocycles. The molecule has 0 radical (unpaired) electrons. The average Bonchev–Trinajstić information content (AvgIpc) is 3.04. The second kappa shape index (κ2) is 5.57. The lowest BCUT2D eigenvalue weighted by Crippen LogP contribution is -2.31. The summed E-state index contributed by atoms with van der Waals surface area (Å²) >= 11 is 0. The Hall–Kier alpha value is -2.15. The Balaban J connectivity index is 1.77. The highest BCUT2D eigenvalue weighted by Gasteiger charge is 2.27. The van der Waals surface area contributed by atoms with Crippen LogP contribution in [0.1, 0.15) is 53.0 Å². The number of hydrogen-bond acceptors (Lipinski definition) is 5. The van der Waals surface area contributed by atoms with Crippen LogP contribution in [-0.4, -0.2) is 37.5 Å². The Morgan fingerprint density at radius 3 is 2.91 bits per heavy atom. The Labute approximate surface area is 128 Å². The maximum atomic E-state index is 11.3. The van der Waals surface area contributed by atoms with Crippen molar-refractivity contribution < 1.29 is 14.4 Å². The van der Waals surface area contributed by atoms with Crippen molar-refractivity contribution in [3.05, 3.63) is 34.5 Å². The van der Waals surface area contributed by atoms with Crippen molar-refractivity contribution in [3.8, 4) is 0 Å². The average molecular weight is 304 g/mol. The molecule has 0 aromatic carbocycles. The largest absolute Gasteiger partial charge is 0.476 e. The van der Waals surface area contributed by atoms with Gasteiger partial charge in [-0.3, -0.25) is 9.58 Å². The minimum absolute atomic E-state index is 0.155. The van der Waals surface area contributed by atoms with E-state index in [-0.39, 0.29) is 5.69 Å². The second-order valence-electron chi connectivity index (χ2n) is 6.04. The van der Waals surface area contributed by atoms with Gasteiger partial charge in [0.1, 0.15) is 0 Å². The number of rotatable bonds is 4. The summed E-state index contributed by atoms with van der Waals surface area (Å²) in [7, 11) is 1.80. The molecule has 0 atom stereocenters. The summed E-state index contributed by atoms with van der Waals surface area (Å²) in [6.45, 7) is 6.20. The quantitative estimate of drug-likeness (QED) is 0.927. The minimum atomic E-state index is -0.972. The molecule has 0 fully saturated rings. The van der Waals surface area contributed by atoms with Gasteiger partial charge in [0.15, 0.2) is 11.5 Å². The Morgan fingerprint density at radius 1 is 1.50 bits per heavy atom. The van der Waals surface area contributed by atoms with E-state index < -0.39 is 5.97 Å². The van der Waals surface area contributed by atoms with Crippen molar-refractivity contribution in [2.75, 3.05) is 6.54 Å². The van der Waals surface area contributed by atoms with Gasteiger partial charge in [0.05, 0.1) is 12.2 Å². The van der Waals surface area contributed by atoms with Crippen molar-refractivity contribution in [3.63, 3.8) is 0 Å². The lowest BCUT2D eigenvalue weighted by molar-refractivity contribution is 0.0686. The molecular formula is C15H20N4O3. The third-order valence-electron chi connectivity index (χ3n) is 4.07. The van der Waals surface area contributed by atoms with Crippen LogP contribution in [0.5, 0.6) is 0 Å². The van der Waals surface area contributed by atoms with Crippen LogP contribution in [0.2, 0.25) is 0 Å². The molecule has 0 unspecified atom stereocenters. The molecule has 22 heavy (non-hydrogen) atoms. The number of aryl methyl sites for hydroxylation is 1. The number of aromatic carboxylic acids is 1. The molecule has 1 aliphatic heterocycles. The van der Waals surface area contributed by atoms with Crippen LogP contribution < -0.4 is 0 Å². The smallest absolute Gasteiger partial charge is 0.356 e. The van der Waals surface area contributed by atoms with E-state index in [0.29, 0.717) is 19.0 Å². The molecule has 0 saturated heterocycles. The van der Waals surface area contributed by atoms with E-state index in [9.17, 15) is 9.90 Å². The summed E-state index contributed by atoms with van der Waals surface area (Å²) in [4.78, 5) is 13.5. The summed E-state index contributed by atoms with van der Waals surface area (Å²) in [6.07, 6.45) is 0.789. The highest BCUT2D eigenvalue weighted by Crippen LogP contribution is 2.24. The van der Waals surface area contributed by atoms with Crippen LogP contribution >= 0.6 is 0 Å². The lowest BCUT2D eigenvalue weighted by atomic mass is 10.0. The van der Waals surface area contributed by atoms with Crippen molar-refractivity contribution in [2.24, 2.45) is 7.05 Å². The predicted octanol–water partition coefficient (Wildman–Crippen LogP) is 1.79. The van der Waals surface area contributed by atoms with Gasteiger partial charge in [-0.1, -0.05) is 19.0 Å². The zero-order valence-electron chi connectivity index (χ0n) is 13.0. The maximum absolute atomic E-state index is 11.3. The molecule has 3 rings (SSSR count). The van der Waals surface area contributed by atoms with E-state index in [0.717, 1.165) is 35.7 Å². The Morgan fingerprint density at radius 2 is 2.27 bits per heavy atom. The molecule has 0 amide bonds. The molecule has 3 heterocycles. The van der Waals surface area contributed by atoms with Crippen LogP contribution in [0, 0.1) is 0 Å². The zero-order chi connectivity index (χ0) is 15.9. The normalized spacial score (nSPS) is 15.3. The molecule has 2 aromatic rings. The first-order valence-corrected chi connectivity index (χ1v) is 7.41. The van der Waals surface area contributed by atoms with E-state index in [4.69, 9.17) is 4.52 Å². The number of carboxylic acids is 1. The molecule has 2 aromatic heterocycles. The first-order valence-electron chi connectivity index (χ1n) is 7.41. The molecule has 1 aliphatic rings. The predicted molar refractivity (Wildman–Crippen MR) is 78.6 cm³/mol. The fraction of sp³-hybridized carbons (Fsp3) is 0.533. The molecule has 118 valence electrons. The van der Waals surface area contributed by atoms with E-state index in [1.54, 1.807) is 11.7 Å². The summed E-state index contributed by atoms with van der Waals surface area (Å²) in [6, 6.07) is 1.97. The number of aromatic nitrogens is 3. The van der Waals surface area contributed by atoms with E-state index in [1.807, 2.05) is 6.07 Å². The van der Waals surface area contributed by atoms with Crippen LogP contribution in [0.15, 0.2) is 10.6 Å². The topological polar surface area (TPSA) is 84.4 Å². The summed E-state index contributed by atoms with van der Waals surface area (Å²) < 4.78 is 7.05. The lowest BCUT2D eigenvalue weighted by Gasteiger charge is -2.26. The molecule has 7 nitrogen and oxygen atoms in total. The van der Waals surface area contributed by atoms with Crippen molar-refractivity contribution >= 4 is 5.97 Å². The molecule has 1 N–H and O–H groups in total. The van der Waals surface area contributed by atoms with Gasteiger partial charge in [0, 0.05) is 43.9 Å². The fourth-order valence-electron chi connectivity index (χ4n) is 2.85. The van der Waals surface area contributed by atoms with Gasteiger partial charge < -0.3 is 9.63 Å². The van der Waals surface area contributed by atoms with Crippen LogP contribution in [0.25, 0.3) is 0 Å². The standard InChI is InChI=1S/C15H20N4O3/c1-9(2)12-6-10(22-17-12)7-19-5-4-13-11(8-19)14(15(20)21)16-18(13)3/h6,9H,4-5,7-8H2,1-3H3,(H,20,21). The van der Waals surface area contributed by atoms with Gasteiger partial charge in [0.2, 0.25) is 0 Å². The first-order chi connectivity index (χ1) is 10.5. The molecule has 0 bridgehead atoms. The van der Waals surface area contributed by atoms with E-state index >= 15 is 0 Å². The fourth-order valence-corrected chi connectivity index (χ4v) is 2.85. The van der Waals surface area contributed by atoms with Crippen LogP contribution in [-0.2, 0) is 26.6 Å². The van der Waals surface area contributed by atoms with Crippen molar-refractivity contribution in [2.45, 2.75) is 39.3 Å². The Kier molecular flexibility index (Phi) is 3.74. The molecular weight excluding hydrogens is 284 g/mol. The van der Waals surface area contributed by atoms with Gasteiger partial charge in [-0.05, 0) is 5.92 Å². The van der Waals surface area contributed by atoms with Gasteiger partial charge in [-0.25, -0.2) is 4.79 Å². The van der Waals surface area contributed by atoms with Gasteiger partial charge >= 0.3 is 5.97 Å². The number of fused-ring (bicyclic) bond motifs is 1. The SMILES string of the molecule is CC(C)c1cc(CN2CCc3c(c(C(=O)O)nn3C)C2)on1. The van der Waals surface area contributed by atoms with Gasteiger partial charge in [0.25, 0.3) is 0 Å². The second-order valence-corrected chi connectivity index (χ2v) is 6.04. The van der Waals surface area contributed by atoms with Crippen molar-refractivity contribution in [1.82, 2.24) is 19.8 Å². The van der Waals surface area contributed by atoms with E-state index in [1.165, 1.54) is 0 Å². The monoisotopic (exact) mass is 304 g/mol. The number of carboxylic acid groups (broad SMARTS) is 1. The van der Waals surface area contributed by atoms with Crippen LogP contribution in [0.3, 0.4) is 0 Å². The van der Waals surface area contributed by atoms with Gasteiger partial charge in [-0.15, -0.1) is 0 Å². The molecule has 0 spiro atoms. The third-order valence-corrected chi connectivity index (χ3v) is 4.07. The molecule has 7 heteroatoms. The summed E-state index contributed by atoms with van der Waals surface area (Å²) in [5.41, 5.74) is 2.92. The Bertz CT molecular complexity index is 702. The highest BCUT2D eigenvalue weighted by atomic mass is 16.5. The number of hydrogen-bond donors (Lipinski definition) is 1. The number of nitrogens with zero attached hydrogens (tertiary/aromatic N) is 4. The third kappa shape index (κ3) is 2.64. The summed E-state index contributed by atoms with van der Waals surface area (Å²) in [5.74, 6) is 0.177. The molecule has 0 saturated carbocycles. The van der Waals surface area contributed by atoms with Gasteiger partial charge in [-0.2, -0.15) is 5.10 Å². The highest BCUT2D eigenvalue weighted by molar-refractivity contribution is 5.87. The van der Waals surface area contributed by atoms with Crippen molar-refractivity contribution in [1.29, 1.82) is 0 Å². The van der Waals surface area contributed by atoms with E-state index in [2.05, 4.69) is 29.0 Å². The zero-order valence-corrected chi connectivity index (χ0v) is 13.0.